The summed E-state index contributed by atoms with van der Waals surface area (Å²) in [7, 11) is 0. The second kappa shape index (κ2) is 7.48. The second-order valence-corrected chi connectivity index (χ2v) is 7.00. The Morgan fingerprint density at radius 1 is 1.32 bits per heavy atom. The highest BCUT2D eigenvalue weighted by Gasteiger charge is 2.25. The highest BCUT2D eigenvalue weighted by molar-refractivity contribution is 7.20. The quantitative estimate of drug-likeness (QED) is 0.689. The zero-order chi connectivity index (χ0) is 17.8. The number of imidazole rings is 1. The summed E-state index contributed by atoms with van der Waals surface area (Å²) in [6, 6.07) is 8.83. The van der Waals surface area contributed by atoms with Crippen LogP contribution in [-0.2, 0) is 16.1 Å². The summed E-state index contributed by atoms with van der Waals surface area (Å²) in [6.45, 7) is 3.82. The summed E-state index contributed by atoms with van der Waals surface area (Å²) in [5.41, 5.74) is 0. The fourth-order valence-corrected chi connectivity index (χ4v) is 3.39. The minimum absolute atomic E-state index is 0.251. The van der Waals surface area contributed by atoms with Gasteiger partial charge >= 0.3 is 5.97 Å². The summed E-state index contributed by atoms with van der Waals surface area (Å²) in [4.78, 5) is 29.5. The van der Waals surface area contributed by atoms with Gasteiger partial charge in [0.1, 0.15) is 6.04 Å². The van der Waals surface area contributed by atoms with E-state index >= 15 is 0 Å². The van der Waals surface area contributed by atoms with Gasteiger partial charge in [0.25, 0.3) is 5.91 Å². The lowest BCUT2D eigenvalue weighted by molar-refractivity contribution is -0.150. The number of rotatable bonds is 6. The highest BCUT2D eigenvalue weighted by Crippen LogP contribution is 2.25. The van der Waals surface area contributed by atoms with E-state index in [1.807, 2.05) is 30.3 Å². The minimum atomic E-state index is -0.783. The van der Waals surface area contributed by atoms with Gasteiger partial charge in [-0.2, -0.15) is 0 Å². The van der Waals surface area contributed by atoms with Crippen molar-refractivity contribution >= 4 is 33.3 Å². The van der Waals surface area contributed by atoms with E-state index in [1.165, 1.54) is 11.3 Å². The average molecular weight is 357 g/mol. The first-order chi connectivity index (χ1) is 12.0. The van der Waals surface area contributed by atoms with Crippen LogP contribution in [0.3, 0.4) is 0 Å². The van der Waals surface area contributed by atoms with Crippen molar-refractivity contribution in [2.45, 2.75) is 32.5 Å². The molecule has 7 heteroatoms. The van der Waals surface area contributed by atoms with Crippen molar-refractivity contribution in [2.24, 2.45) is 0 Å². The number of nitrogens with one attached hydrogen (secondary N) is 1. The van der Waals surface area contributed by atoms with E-state index in [2.05, 4.69) is 10.3 Å². The number of aromatic nitrogens is 2. The van der Waals surface area contributed by atoms with E-state index in [0.717, 1.165) is 10.1 Å². The molecule has 3 rings (SSSR count). The Labute approximate surface area is 149 Å². The maximum absolute atomic E-state index is 12.6. The van der Waals surface area contributed by atoms with E-state index < -0.39 is 12.0 Å². The molecule has 1 amide bonds. The van der Waals surface area contributed by atoms with Crippen molar-refractivity contribution in [3.05, 3.63) is 53.9 Å². The van der Waals surface area contributed by atoms with Gasteiger partial charge in [0.15, 0.2) is 0 Å². The molecule has 0 aliphatic rings. The molecule has 0 aliphatic heterocycles. The number of carbonyl (C=O) groups is 2. The van der Waals surface area contributed by atoms with Crippen molar-refractivity contribution in [1.82, 2.24) is 14.9 Å². The molecule has 3 aromatic rings. The summed E-state index contributed by atoms with van der Waals surface area (Å²) in [5.74, 6) is -0.745. The van der Waals surface area contributed by atoms with E-state index in [4.69, 9.17) is 4.74 Å². The predicted octanol–water partition coefficient (Wildman–Crippen LogP) is 2.85. The SMILES string of the molecule is CC(C)OC(=O)[C@H](Cn1ccnc1)NC(=O)c1cc2ccccc2s1. The summed E-state index contributed by atoms with van der Waals surface area (Å²) in [5, 5.41) is 3.79. The first-order valence-corrected chi connectivity index (χ1v) is 8.80. The molecule has 1 aromatic carbocycles. The molecule has 130 valence electrons. The molecule has 0 aliphatic carbocycles. The zero-order valence-electron chi connectivity index (χ0n) is 14.0. The number of ether oxygens (including phenoxy) is 1. The third kappa shape index (κ3) is 4.24. The van der Waals surface area contributed by atoms with Gasteiger partial charge in [-0.3, -0.25) is 4.79 Å². The maximum Gasteiger partial charge on any atom is 0.330 e. The Morgan fingerprint density at radius 3 is 2.80 bits per heavy atom. The number of thiophene rings is 1. The number of nitrogens with zero attached hydrogens (tertiary/aromatic N) is 2. The number of esters is 1. The predicted molar refractivity (Wildman–Crippen MR) is 96.5 cm³/mol. The van der Waals surface area contributed by atoms with E-state index in [9.17, 15) is 9.59 Å². The monoisotopic (exact) mass is 357 g/mol. The van der Waals surface area contributed by atoms with E-state index in [0.29, 0.717) is 4.88 Å². The van der Waals surface area contributed by atoms with Crippen LogP contribution in [0.4, 0.5) is 0 Å². The second-order valence-electron chi connectivity index (χ2n) is 5.92. The van der Waals surface area contributed by atoms with Crippen LogP contribution in [0.2, 0.25) is 0 Å². The molecule has 1 N–H and O–H groups in total. The van der Waals surface area contributed by atoms with Crippen LogP contribution in [0.15, 0.2) is 49.1 Å². The summed E-state index contributed by atoms with van der Waals surface area (Å²) in [6.07, 6.45) is 4.71. The molecule has 1 atom stereocenters. The Bertz CT molecular complexity index is 838. The van der Waals surface area contributed by atoms with Gasteiger partial charge in [-0.25, -0.2) is 9.78 Å². The van der Waals surface area contributed by atoms with Crippen LogP contribution < -0.4 is 5.32 Å². The average Bonchev–Trinajstić information content (AvgIpc) is 3.22. The third-order valence-electron chi connectivity index (χ3n) is 3.54. The molecule has 0 fully saturated rings. The molecule has 0 bridgehead atoms. The van der Waals surface area contributed by atoms with Gasteiger partial charge in [0.05, 0.1) is 23.9 Å². The first-order valence-electron chi connectivity index (χ1n) is 7.98. The zero-order valence-corrected chi connectivity index (χ0v) is 14.8. The molecular weight excluding hydrogens is 338 g/mol. The highest BCUT2D eigenvalue weighted by atomic mass is 32.1. The topological polar surface area (TPSA) is 73.2 Å². The Morgan fingerprint density at radius 2 is 2.12 bits per heavy atom. The van der Waals surface area contributed by atoms with Crippen LogP contribution in [0.5, 0.6) is 0 Å². The van der Waals surface area contributed by atoms with E-state index in [1.54, 1.807) is 37.1 Å². The normalized spacial score (nSPS) is 12.3. The molecule has 2 aromatic heterocycles. The van der Waals surface area contributed by atoms with Gasteiger partial charge in [-0.1, -0.05) is 18.2 Å². The van der Waals surface area contributed by atoms with Gasteiger partial charge in [-0.15, -0.1) is 11.3 Å². The molecule has 0 unspecified atom stereocenters. The molecule has 0 spiro atoms. The summed E-state index contributed by atoms with van der Waals surface area (Å²) < 4.78 is 8.04. The van der Waals surface area contributed by atoms with Crippen LogP contribution in [0.25, 0.3) is 10.1 Å². The Balaban J connectivity index is 1.77. The number of benzene rings is 1. The number of fused-ring (bicyclic) bond motifs is 1. The van der Waals surface area contributed by atoms with Gasteiger partial charge < -0.3 is 14.6 Å². The minimum Gasteiger partial charge on any atom is -0.461 e. The van der Waals surface area contributed by atoms with Crippen LogP contribution in [0, 0.1) is 0 Å². The lowest BCUT2D eigenvalue weighted by atomic mass is 10.2. The van der Waals surface area contributed by atoms with Crippen molar-refractivity contribution in [3.8, 4) is 0 Å². The number of hydrogen-bond donors (Lipinski definition) is 1. The standard InChI is InChI=1S/C18H19N3O3S/c1-12(2)24-18(23)14(10-21-8-7-19-11-21)20-17(22)16-9-13-5-3-4-6-15(13)25-16/h3-9,11-12,14H,10H2,1-2H3,(H,20,22)/t14-/m0/s1. The van der Waals surface area contributed by atoms with Gasteiger partial charge in [0, 0.05) is 17.1 Å². The molecule has 2 heterocycles. The number of amides is 1. The van der Waals surface area contributed by atoms with Gasteiger partial charge in [0.2, 0.25) is 0 Å². The lowest BCUT2D eigenvalue weighted by Gasteiger charge is -2.19. The molecule has 0 saturated carbocycles. The summed E-state index contributed by atoms with van der Waals surface area (Å²) >= 11 is 1.40. The van der Waals surface area contributed by atoms with Crippen molar-refractivity contribution in [2.75, 3.05) is 0 Å². The number of hydrogen-bond acceptors (Lipinski definition) is 5. The fourth-order valence-electron chi connectivity index (χ4n) is 2.42. The molecule has 6 nitrogen and oxygen atoms in total. The number of carbonyl (C=O) groups excluding carboxylic acids is 2. The Kier molecular flexibility index (Phi) is 5.14. The van der Waals surface area contributed by atoms with E-state index in [-0.39, 0.29) is 18.6 Å². The molecule has 0 saturated heterocycles. The van der Waals surface area contributed by atoms with Gasteiger partial charge in [-0.05, 0) is 31.4 Å². The molecular formula is C18H19N3O3S. The van der Waals surface area contributed by atoms with Crippen LogP contribution in [0.1, 0.15) is 23.5 Å². The fraction of sp³-hybridized carbons (Fsp3) is 0.278. The van der Waals surface area contributed by atoms with Crippen molar-refractivity contribution in [3.63, 3.8) is 0 Å². The van der Waals surface area contributed by atoms with Crippen LogP contribution >= 0.6 is 11.3 Å². The Hall–Kier alpha value is -2.67. The largest absolute Gasteiger partial charge is 0.461 e. The maximum atomic E-state index is 12.6. The first kappa shape index (κ1) is 17.2. The smallest absolute Gasteiger partial charge is 0.330 e. The third-order valence-corrected chi connectivity index (χ3v) is 4.66. The van der Waals surface area contributed by atoms with Crippen molar-refractivity contribution < 1.29 is 14.3 Å². The lowest BCUT2D eigenvalue weighted by Crippen LogP contribution is -2.45. The van der Waals surface area contributed by atoms with Crippen LogP contribution in [-0.4, -0.2) is 33.6 Å². The van der Waals surface area contributed by atoms with Crippen molar-refractivity contribution in [1.29, 1.82) is 0 Å². The molecule has 25 heavy (non-hydrogen) atoms. The molecule has 0 radical (unpaired) electrons.